The lowest BCUT2D eigenvalue weighted by Gasteiger charge is -2.33. The maximum Gasteiger partial charge on any atom is 0.264 e. The van der Waals surface area contributed by atoms with Crippen LogP contribution in [0.2, 0.25) is 0 Å². The van der Waals surface area contributed by atoms with Gasteiger partial charge in [0.25, 0.3) is 5.91 Å². The topological polar surface area (TPSA) is 20.3 Å². The van der Waals surface area contributed by atoms with Crippen molar-refractivity contribution in [2.75, 3.05) is 6.54 Å². The number of amides is 1. The van der Waals surface area contributed by atoms with Gasteiger partial charge in [0.1, 0.15) is 0 Å². The van der Waals surface area contributed by atoms with Crippen molar-refractivity contribution in [1.82, 2.24) is 4.90 Å². The van der Waals surface area contributed by atoms with Gasteiger partial charge in [0.05, 0.1) is 14.7 Å². The molecule has 0 bridgehead atoms. The van der Waals surface area contributed by atoms with E-state index in [0.29, 0.717) is 0 Å². The van der Waals surface area contributed by atoms with Crippen molar-refractivity contribution < 1.29 is 4.79 Å². The first kappa shape index (κ1) is 13.8. The highest BCUT2D eigenvalue weighted by atomic mass is 79.9. The number of rotatable bonds is 1. The molecule has 2 nitrogen and oxygen atoms in total. The fourth-order valence-electron chi connectivity index (χ4n) is 2.38. The van der Waals surface area contributed by atoms with Crippen LogP contribution in [0.3, 0.4) is 0 Å². The van der Waals surface area contributed by atoms with Crippen LogP contribution in [0.25, 0.3) is 0 Å². The van der Waals surface area contributed by atoms with Gasteiger partial charge < -0.3 is 4.90 Å². The van der Waals surface area contributed by atoms with Gasteiger partial charge in [-0.15, -0.1) is 22.7 Å². The molecule has 100 valence electrons. The SMILES string of the molecule is CC1c2ccsc2CCN1C(=O)c1cc(Br)c(Br)s1. The summed E-state index contributed by atoms with van der Waals surface area (Å²) in [7, 11) is 0. The molecule has 2 aromatic heterocycles. The quantitative estimate of drug-likeness (QED) is 0.628. The highest BCUT2D eigenvalue weighted by Crippen LogP contribution is 2.37. The molecule has 1 amide bonds. The molecule has 0 spiro atoms. The van der Waals surface area contributed by atoms with Gasteiger partial charge in [0.2, 0.25) is 0 Å². The lowest BCUT2D eigenvalue weighted by atomic mass is 10.0. The van der Waals surface area contributed by atoms with E-state index in [1.54, 1.807) is 11.3 Å². The lowest BCUT2D eigenvalue weighted by Crippen LogP contribution is -2.37. The molecule has 1 unspecified atom stereocenters. The molecular formula is C13H11Br2NOS2. The molecule has 0 saturated heterocycles. The second-order valence-corrected chi connectivity index (χ2v) is 8.68. The first-order valence-electron chi connectivity index (χ1n) is 5.90. The maximum atomic E-state index is 12.6. The minimum atomic E-state index is 0.126. The average Bonchev–Trinajstić information content (AvgIpc) is 2.97. The number of hydrogen-bond donors (Lipinski definition) is 0. The molecule has 1 atom stereocenters. The molecule has 0 aromatic carbocycles. The number of thiophene rings is 2. The van der Waals surface area contributed by atoms with E-state index in [1.165, 1.54) is 21.8 Å². The fraction of sp³-hybridized carbons (Fsp3) is 0.308. The van der Waals surface area contributed by atoms with Gasteiger partial charge in [-0.25, -0.2) is 0 Å². The molecular weight excluding hydrogens is 410 g/mol. The van der Waals surface area contributed by atoms with Crippen molar-refractivity contribution >= 4 is 60.4 Å². The van der Waals surface area contributed by atoms with Crippen LogP contribution in [0.1, 0.15) is 33.1 Å². The van der Waals surface area contributed by atoms with Gasteiger partial charge in [-0.3, -0.25) is 4.79 Å². The van der Waals surface area contributed by atoms with Gasteiger partial charge in [-0.2, -0.15) is 0 Å². The Balaban J connectivity index is 1.89. The monoisotopic (exact) mass is 419 g/mol. The Bertz CT molecular complexity index is 615. The van der Waals surface area contributed by atoms with Gasteiger partial charge >= 0.3 is 0 Å². The number of hydrogen-bond acceptors (Lipinski definition) is 3. The van der Waals surface area contributed by atoms with Gasteiger partial charge in [0, 0.05) is 15.9 Å². The largest absolute Gasteiger partial charge is 0.331 e. The molecule has 1 aliphatic heterocycles. The van der Waals surface area contributed by atoms with Crippen LogP contribution in [-0.2, 0) is 6.42 Å². The third-order valence-electron chi connectivity index (χ3n) is 3.39. The third-order valence-corrected chi connectivity index (χ3v) is 7.63. The van der Waals surface area contributed by atoms with Crippen molar-refractivity contribution in [3.8, 4) is 0 Å². The zero-order valence-electron chi connectivity index (χ0n) is 10.2. The molecule has 3 heterocycles. The van der Waals surface area contributed by atoms with E-state index in [-0.39, 0.29) is 11.9 Å². The number of carbonyl (C=O) groups excluding carboxylic acids is 1. The summed E-state index contributed by atoms with van der Waals surface area (Å²) < 4.78 is 1.92. The van der Waals surface area contributed by atoms with E-state index >= 15 is 0 Å². The average molecular weight is 421 g/mol. The molecule has 3 rings (SSSR count). The standard InChI is InChI=1S/C13H11Br2NOS2/c1-7-8-3-5-18-10(8)2-4-16(7)13(17)11-6-9(14)12(15)19-11/h3,5-7H,2,4H2,1H3. The van der Waals surface area contributed by atoms with Gasteiger partial charge in [-0.05, 0) is 68.3 Å². The summed E-state index contributed by atoms with van der Waals surface area (Å²) in [5, 5.41) is 2.12. The molecule has 6 heteroatoms. The van der Waals surface area contributed by atoms with Crippen LogP contribution in [0, 0.1) is 0 Å². The van der Waals surface area contributed by atoms with E-state index in [9.17, 15) is 4.79 Å². The van der Waals surface area contributed by atoms with E-state index in [4.69, 9.17) is 0 Å². The zero-order valence-corrected chi connectivity index (χ0v) is 15.0. The minimum Gasteiger partial charge on any atom is -0.331 e. The normalized spacial score (nSPS) is 18.5. The summed E-state index contributed by atoms with van der Waals surface area (Å²) in [4.78, 5) is 16.8. The van der Waals surface area contributed by atoms with E-state index in [2.05, 4.69) is 50.2 Å². The van der Waals surface area contributed by atoms with Crippen molar-refractivity contribution in [1.29, 1.82) is 0 Å². The van der Waals surface area contributed by atoms with Crippen LogP contribution in [0.15, 0.2) is 25.8 Å². The maximum absolute atomic E-state index is 12.6. The van der Waals surface area contributed by atoms with Crippen LogP contribution in [-0.4, -0.2) is 17.4 Å². The predicted octanol–water partition coefficient (Wildman–Crippen LogP) is 5.09. The van der Waals surface area contributed by atoms with Crippen LogP contribution in [0.4, 0.5) is 0 Å². The Labute approximate surface area is 136 Å². The lowest BCUT2D eigenvalue weighted by molar-refractivity contribution is 0.0684. The number of fused-ring (bicyclic) bond motifs is 1. The Morgan fingerprint density at radius 1 is 1.47 bits per heavy atom. The summed E-state index contributed by atoms with van der Waals surface area (Å²) in [6.07, 6.45) is 0.969. The summed E-state index contributed by atoms with van der Waals surface area (Å²) in [6.45, 7) is 2.92. The molecule has 0 aliphatic carbocycles. The second kappa shape index (κ2) is 5.31. The van der Waals surface area contributed by atoms with E-state index in [1.807, 2.05) is 11.0 Å². The van der Waals surface area contributed by atoms with Crippen molar-refractivity contribution in [2.24, 2.45) is 0 Å². The Hall–Kier alpha value is -0.170. The summed E-state index contributed by atoms with van der Waals surface area (Å²) >= 11 is 10.2. The first-order valence-corrected chi connectivity index (χ1v) is 9.18. The smallest absolute Gasteiger partial charge is 0.264 e. The summed E-state index contributed by atoms with van der Waals surface area (Å²) in [5.74, 6) is 0.126. The van der Waals surface area contributed by atoms with E-state index < -0.39 is 0 Å². The molecule has 19 heavy (non-hydrogen) atoms. The Morgan fingerprint density at radius 2 is 2.26 bits per heavy atom. The minimum absolute atomic E-state index is 0.126. The molecule has 0 N–H and O–H groups in total. The summed E-state index contributed by atoms with van der Waals surface area (Å²) in [5.41, 5.74) is 1.30. The zero-order chi connectivity index (χ0) is 13.6. The fourth-order valence-corrected chi connectivity index (χ4v) is 5.33. The van der Waals surface area contributed by atoms with Crippen LogP contribution < -0.4 is 0 Å². The van der Waals surface area contributed by atoms with Crippen molar-refractivity contribution in [3.05, 3.63) is 41.1 Å². The Morgan fingerprint density at radius 3 is 2.95 bits per heavy atom. The third kappa shape index (κ3) is 2.44. The van der Waals surface area contributed by atoms with E-state index in [0.717, 1.165) is 26.1 Å². The highest BCUT2D eigenvalue weighted by molar-refractivity contribution is 9.13. The van der Waals surface area contributed by atoms with Crippen molar-refractivity contribution in [2.45, 2.75) is 19.4 Å². The van der Waals surface area contributed by atoms with Gasteiger partial charge in [0.15, 0.2) is 0 Å². The molecule has 0 fully saturated rings. The number of carbonyl (C=O) groups is 1. The van der Waals surface area contributed by atoms with Crippen molar-refractivity contribution in [3.63, 3.8) is 0 Å². The second-order valence-electron chi connectivity index (χ2n) is 4.46. The van der Waals surface area contributed by atoms with Crippen LogP contribution in [0.5, 0.6) is 0 Å². The van der Waals surface area contributed by atoms with Gasteiger partial charge in [-0.1, -0.05) is 0 Å². The summed E-state index contributed by atoms with van der Waals surface area (Å²) in [6, 6.07) is 4.21. The first-order chi connectivity index (χ1) is 9.08. The predicted molar refractivity (Wildman–Crippen MR) is 87.2 cm³/mol. The number of halogens is 2. The highest BCUT2D eigenvalue weighted by Gasteiger charge is 2.29. The molecule has 2 aromatic rings. The Kier molecular flexibility index (Phi) is 3.86. The number of nitrogens with zero attached hydrogens (tertiary/aromatic N) is 1. The molecule has 0 radical (unpaired) electrons. The molecule has 1 aliphatic rings. The van der Waals surface area contributed by atoms with Crippen LogP contribution >= 0.6 is 54.5 Å². The molecule has 0 saturated carbocycles.